The van der Waals surface area contributed by atoms with Crippen LogP contribution in [0.4, 0.5) is 5.69 Å². The molecule has 0 aliphatic carbocycles. The number of amides is 2. The smallest absolute Gasteiger partial charge is 0.254 e. The largest absolute Gasteiger partial charge is 0.461 e. The van der Waals surface area contributed by atoms with Crippen molar-refractivity contribution in [3.63, 3.8) is 0 Å². The molecule has 0 unspecified atom stereocenters. The number of aryl methyl sites for hydroxylation is 3. The van der Waals surface area contributed by atoms with Crippen molar-refractivity contribution >= 4 is 28.5 Å². The van der Waals surface area contributed by atoms with Crippen LogP contribution in [0.25, 0.3) is 11.0 Å². The Labute approximate surface area is 158 Å². The topological polar surface area (TPSA) is 53.8 Å². The second-order valence-electron chi connectivity index (χ2n) is 7.23. The standard InChI is InChI=1S/C22H22N2O3/c1-14-8-15(2)10-19(9-14)24-7-6-23(13-21(24)25)22(26)17-4-5-20-18(12-17)11-16(3)27-20/h4-5,8-12H,6-7,13H2,1-3H3. The van der Waals surface area contributed by atoms with Gasteiger partial charge in [-0.25, -0.2) is 0 Å². The zero-order chi connectivity index (χ0) is 19.1. The third kappa shape index (κ3) is 3.33. The van der Waals surface area contributed by atoms with Crippen LogP contribution in [-0.2, 0) is 4.79 Å². The number of furan rings is 1. The lowest BCUT2D eigenvalue weighted by molar-refractivity contribution is -0.120. The maximum atomic E-state index is 12.9. The number of carbonyl (C=O) groups is 2. The summed E-state index contributed by atoms with van der Waals surface area (Å²) in [6.45, 7) is 7.03. The van der Waals surface area contributed by atoms with E-state index >= 15 is 0 Å². The van der Waals surface area contributed by atoms with Crippen LogP contribution < -0.4 is 4.90 Å². The summed E-state index contributed by atoms with van der Waals surface area (Å²) >= 11 is 0. The Balaban J connectivity index is 1.52. The second-order valence-corrected chi connectivity index (χ2v) is 7.23. The Morgan fingerprint density at radius 3 is 2.41 bits per heavy atom. The van der Waals surface area contributed by atoms with Gasteiger partial charge < -0.3 is 14.2 Å². The molecule has 138 valence electrons. The van der Waals surface area contributed by atoms with Gasteiger partial charge in [0.25, 0.3) is 5.91 Å². The van der Waals surface area contributed by atoms with E-state index in [4.69, 9.17) is 4.42 Å². The Kier molecular flexibility index (Phi) is 4.22. The molecule has 1 saturated heterocycles. The summed E-state index contributed by atoms with van der Waals surface area (Å²) in [5, 5.41) is 0.901. The van der Waals surface area contributed by atoms with Crippen LogP contribution in [0.2, 0.25) is 0 Å². The van der Waals surface area contributed by atoms with Crippen LogP contribution in [0.1, 0.15) is 27.2 Å². The minimum absolute atomic E-state index is 0.0557. The predicted octanol–water partition coefficient (Wildman–Crippen LogP) is 3.85. The van der Waals surface area contributed by atoms with Crippen molar-refractivity contribution in [2.75, 3.05) is 24.5 Å². The highest BCUT2D eigenvalue weighted by molar-refractivity contribution is 6.03. The van der Waals surface area contributed by atoms with Gasteiger partial charge in [-0.2, -0.15) is 0 Å². The van der Waals surface area contributed by atoms with Crippen molar-refractivity contribution in [1.29, 1.82) is 0 Å². The number of nitrogens with zero attached hydrogens (tertiary/aromatic N) is 2. The third-order valence-corrected chi connectivity index (χ3v) is 4.91. The van der Waals surface area contributed by atoms with Crippen LogP contribution >= 0.6 is 0 Å². The maximum Gasteiger partial charge on any atom is 0.254 e. The molecule has 0 N–H and O–H groups in total. The van der Waals surface area contributed by atoms with Crippen LogP contribution in [0.3, 0.4) is 0 Å². The van der Waals surface area contributed by atoms with Crippen molar-refractivity contribution in [2.45, 2.75) is 20.8 Å². The maximum absolute atomic E-state index is 12.9. The molecule has 1 aromatic heterocycles. The third-order valence-electron chi connectivity index (χ3n) is 4.91. The Morgan fingerprint density at radius 2 is 1.70 bits per heavy atom. The highest BCUT2D eigenvalue weighted by atomic mass is 16.3. The first-order valence-electron chi connectivity index (χ1n) is 9.09. The molecule has 4 rings (SSSR count). The van der Waals surface area contributed by atoms with E-state index in [0.717, 1.165) is 33.5 Å². The summed E-state index contributed by atoms with van der Waals surface area (Å²) < 4.78 is 5.56. The average molecular weight is 362 g/mol. The van der Waals surface area contributed by atoms with Gasteiger partial charge in [0.15, 0.2) is 0 Å². The van der Waals surface area contributed by atoms with Gasteiger partial charge >= 0.3 is 0 Å². The van der Waals surface area contributed by atoms with E-state index in [2.05, 4.69) is 6.07 Å². The van der Waals surface area contributed by atoms with Crippen LogP contribution in [0, 0.1) is 20.8 Å². The summed E-state index contributed by atoms with van der Waals surface area (Å²) in [6.07, 6.45) is 0. The van der Waals surface area contributed by atoms with Crippen molar-refractivity contribution in [1.82, 2.24) is 4.90 Å². The van der Waals surface area contributed by atoms with E-state index in [0.29, 0.717) is 18.7 Å². The highest BCUT2D eigenvalue weighted by Crippen LogP contribution is 2.23. The quantitative estimate of drug-likeness (QED) is 0.696. The molecule has 0 bridgehead atoms. The normalized spacial score (nSPS) is 14.9. The number of rotatable bonds is 2. The number of piperazine rings is 1. The average Bonchev–Trinajstić information content (AvgIpc) is 2.99. The Morgan fingerprint density at radius 1 is 0.963 bits per heavy atom. The highest BCUT2D eigenvalue weighted by Gasteiger charge is 2.29. The molecule has 0 radical (unpaired) electrons. The monoisotopic (exact) mass is 362 g/mol. The van der Waals surface area contributed by atoms with Crippen LogP contribution in [0.15, 0.2) is 46.9 Å². The lowest BCUT2D eigenvalue weighted by Crippen LogP contribution is -2.52. The first kappa shape index (κ1) is 17.3. The Hall–Kier alpha value is -3.08. The molecule has 2 heterocycles. The fourth-order valence-corrected chi connectivity index (χ4v) is 3.72. The lowest BCUT2D eigenvalue weighted by atomic mass is 10.1. The van der Waals surface area contributed by atoms with Crippen LogP contribution in [0.5, 0.6) is 0 Å². The summed E-state index contributed by atoms with van der Waals surface area (Å²) in [5.41, 5.74) is 4.50. The van der Waals surface area contributed by atoms with E-state index in [1.165, 1.54) is 0 Å². The van der Waals surface area contributed by atoms with Gasteiger partial charge in [-0.15, -0.1) is 0 Å². The number of anilines is 1. The van der Waals surface area contributed by atoms with E-state index < -0.39 is 0 Å². The molecular formula is C22H22N2O3. The first-order chi connectivity index (χ1) is 12.9. The van der Waals surface area contributed by atoms with Crippen molar-refractivity contribution < 1.29 is 14.0 Å². The fourth-order valence-electron chi connectivity index (χ4n) is 3.72. The number of hydrogen-bond donors (Lipinski definition) is 0. The second kappa shape index (κ2) is 6.58. The zero-order valence-corrected chi connectivity index (χ0v) is 15.8. The van der Waals surface area contributed by atoms with E-state index in [-0.39, 0.29) is 18.4 Å². The molecule has 0 saturated carbocycles. The molecule has 3 aromatic rings. The van der Waals surface area contributed by atoms with Gasteiger partial charge in [0.2, 0.25) is 5.91 Å². The molecule has 0 spiro atoms. The minimum Gasteiger partial charge on any atom is -0.461 e. The number of hydrogen-bond acceptors (Lipinski definition) is 3. The van der Waals surface area contributed by atoms with Gasteiger partial charge in [-0.05, 0) is 68.3 Å². The predicted molar refractivity (Wildman–Crippen MR) is 105 cm³/mol. The summed E-state index contributed by atoms with van der Waals surface area (Å²) in [7, 11) is 0. The van der Waals surface area contributed by atoms with E-state index in [9.17, 15) is 9.59 Å². The lowest BCUT2D eigenvalue weighted by Gasteiger charge is -2.34. The van der Waals surface area contributed by atoms with Crippen molar-refractivity contribution in [3.05, 3.63) is 64.9 Å². The molecule has 2 aromatic carbocycles. The van der Waals surface area contributed by atoms with Crippen LogP contribution in [-0.4, -0.2) is 36.3 Å². The van der Waals surface area contributed by atoms with Crippen molar-refractivity contribution in [2.24, 2.45) is 0 Å². The van der Waals surface area contributed by atoms with Gasteiger partial charge in [0, 0.05) is 29.7 Å². The molecule has 27 heavy (non-hydrogen) atoms. The summed E-state index contributed by atoms with van der Waals surface area (Å²) in [6, 6.07) is 13.4. The van der Waals surface area contributed by atoms with E-state index in [1.54, 1.807) is 15.9 Å². The molecular weight excluding hydrogens is 340 g/mol. The van der Waals surface area contributed by atoms with Gasteiger partial charge in [-0.3, -0.25) is 9.59 Å². The van der Waals surface area contributed by atoms with Gasteiger partial charge in [-0.1, -0.05) is 6.07 Å². The van der Waals surface area contributed by atoms with Gasteiger partial charge in [0.05, 0.1) is 0 Å². The first-order valence-corrected chi connectivity index (χ1v) is 9.09. The molecule has 2 amide bonds. The molecule has 5 nitrogen and oxygen atoms in total. The molecule has 1 aliphatic rings. The summed E-state index contributed by atoms with van der Waals surface area (Å²) in [5.74, 6) is 0.635. The number of benzene rings is 2. The SMILES string of the molecule is Cc1cc(C)cc(N2CCN(C(=O)c3ccc4oc(C)cc4c3)CC2=O)c1. The van der Waals surface area contributed by atoms with Gasteiger partial charge in [0.1, 0.15) is 17.9 Å². The molecule has 0 atom stereocenters. The fraction of sp³-hybridized carbons (Fsp3) is 0.273. The molecule has 5 heteroatoms. The zero-order valence-electron chi connectivity index (χ0n) is 15.8. The van der Waals surface area contributed by atoms with Crippen molar-refractivity contribution in [3.8, 4) is 0 Å². The molecule has 1 fully saturated rings. The molecule has 1 aliphatic heterocycles. The number of fused-ring (bicyclic) bond motifs is 1. The summed E-state index contributed by atoms with van der Waals surface area (Å²) in [4.78, 5) is 29.0. The Bertz CT molecular complexity index is 1030. The minimum atomic E-state index is -0.121. The number of carbonyl (C=O) groups excluding carboxylic acids is 2. The van der Waals surface area contributed by atoms with E-state index in [1.807, 2.05) is 51.1 Å².